The molecular formula is C17H20N2O2. The van der Waals surface area contributed by atoms with E-state index < -0.39 is 0 Å². The molecular weight excluding hydrogens is 264 g/mol. The molecule has 0 radical (unpaired) electrons. The third-order valence-electron chi connectivity index (χ3n) is 4.13. The van der Waals surface area contributed by atoms with Crippen molar-refractivity contribution >= 4 is 22.5 Å². The molecule has 1 aromatic carbocycles. The Morgan fingerprint density at radius 1 is 1.24 bits per heavy atom. The fourth-order valence-corrected chi connectivity index (χ4v) is 2.91. The molecule has 1 fully saturated rings. The SMILES string of the molecule is COc1ccc2cc(NC(=O)C3CCCCC3)cnc2c1. The van der Waals surface area contributed by atoms with Crippen LogP contribution in [0.25, 0.3) is 10.9 Å². The van der Waals surface area contributed by atoms with E-state index in [1.165, 1.54) is 6.42 Å². The highest BCUT2D eigenvalue weighted by Crippen LogP contribution is 2.26. The number of rotatable bonds is 3. The number of amides is 1. The number of ether oxygens (including phenoxy) is 1. The van der Waals surface area contributed by atoms with Gasteiger partial charge < -0.3 is 10.1 Å². The van der Waals surface area contributed by atoms with Gasteiger partial charge in [-0.3, -0.25) is 9.78 Å². The Kier molecular flexibility index (Phi) is 4.04. The number of fused-ring (bicyclic) bond motifs is 1. The zero-order chi connectivity index (χ0) is 14.7. The number of hydrogen-bond acceptors (Lipinski definition) is 3. The topological polar surface area (TPSA) is 51.2 Å². The van der Waals surface area contributed by atoms with Gasteiger partial charge in [-0.1, -0.05) is 19.3 Å². The van der Waals surface area contributed by atoms with Gasteiger partial charge in [-0.25, -0.2) is 0 Å². The lowest BCUT2D eigenvalue weighted by molar-refractivity contribution is -0.120. The Bertz CT molecular complexity index is 648. The van der Waals surface area contributed by atoms with Crippen molar-refractivity contribution < 1.29 is 9.53 Å². The Morgan fingerprint density at radius 2 is 2.05 bits per heavy atom. The van der Waals surface area contributed by atoms with E-state index in [2.05, 4.69) is 10.3 Å². The monoisotopic (exact) mass is 284 g/mol. The number of hydrogen-bond donors (Lipinski definition) is 1. The third kappa shape index (κ3) is 3.15. The molecule has 1 heterocycles. The molecule has 110 valence electrons. The van der Waals surface area contributed by atoms with Crippen LogP contribution >= 0.6 is 0 Å². The average Bonchev–Trinajstić information content (AvgIpc) is 2.55. The second-order valence-corrected chi connectivity index (χ2v) is 5.61. The predicted molar refractivity (Wildman–Crippen MR) is 83.5 cm³/mol. The van der Waals surface area contributed by atoms with Gasteiger partial charge >= 0.3 is 0 Å². The van der Waals surface area contributed by atoms with Gasteiger partial charge in [-0.2, -0.15) is 0 Å². The van der Waals surface area contributed by atoms with E-state index in [1.54, 1.807) is 13.3 Å². The number of nitrogens with one attached hydrogen (secondary N) is 1. The maximum Gasteiger partial charge on any atom is 0.227 e. The number of carbonyl (C=O) groups excluding carboxylic acids is 1. The van der Waals surface area contributed by atoms with E-state index in [0.717, 1.165) is 48.0 Å². The second kappa shape index (κ2) is 6.12. The van der Waals surface area contributed by atoms with E-state index >= 15 is 0 Å². The van der Waals surface area contributed by atoms with Crippen LogP contribution in [0.1, 0.15) is 32.1 Å². The first kappa shape index (κ1) is 13.9. The number of carbonyl (C=O) groups is 1. The maximum atomic E-state index is 12.2. The lowest BCUT2D eigenvalue weighted by atomic mass is 9.88. The maximum absolute atomic E-state index is 12.2. The van der Waals surface area contributed by atoms with Crippen LogP contribution in [0.5, 0.6) is 5.75 Å². The van der Waals surface area contributed by atoms with Crippen LogP contribution in [0.3, 0.4) is 0 Å². The van der Waals surface area contributed by atoms with Gasteiger partial charge in [0, 0.05) is 17.4 Å². The van der Waals surface area contributed by atoms with E-state index in [1.807, 2.05) is 24.3 Å². The van der Waals surface area contributed by atoms with Crippen molar-refractivity contribution in [2.45, 2.75) is 32.1 Å². The summed E-state index contributed by atoms with van der Waals surface area (Å²) in [5.74, 6) is 1.07. The molecule has 1 saturated carbocycles. The zero-order valence-electron chi connectivity index (χ0n) is 12.3. The van der Waals surface area contributed by atoms with Crippen molar-refractivity contribution in [2.24, 2.45) is 5.92 Å². The molecule has 1 aliphatic carbocycles. The van der Waals surface area contributed by atoms with Crippen LogP contribution in [-0.2, 0) is 4.79 Å². The van der Waals surface area contributed by atoms with Gasteiger partial charge in [-0.15, -0.1) is 0 Å². The summed E-state index contributed by atoms with van der Waals surface area (Å²) in [6, 6.07) is 7.71. The van der Waals surface area contributed by atoms with E-state index in [-0.39, 0.29) is 11.8 Å². The summed E-state index contributed by atoms with van der Waals surface area (Å²) in [6.45, 7) is 0. The Balaban J connectivity index is 1.76. The van der Waals surface area contributed by atoms with E-state index in [9.17, 15) is 4.79 Å². The highest BCUT2D eigenvalue weighted by molar-refractivity contribution is 5.94. The fourth-order valence-electron chi connectivity index (χ4n) is 2.91. The highest BCUT2D eigenvalue weighted by atomic mass is 16.5. The van der Waals surface area contributed by atoms with E-state index in [0.29, 0.717) is 0 Å². The normalized spacial score (nSPS) is 15.9. The average molecular weight is 284 g/mol. The molecule has 1 aromatic heterocycles. The summed E-state index contributed by atoms with van der Waals surface area (Å²) in [7, 11) is 1.64. The zero-order valence-corrected chi connectivity index (χ0v) is 12.3. The molecule has 1 N–H and O–H groups in total. The first-order valence-electron chi connectivity index (χ1n) is 7.51. The standard InChI is InChI=1S/C17H20N2O2/c1-21-15-8-7-13-9-14(11-18-16(13)10-15)19-17(20)12-5-3-2-4-6-12/h7-12H,2-6H2,1H3,(H,19,20). The number of pyridine rings is 1. The Labute approximate surface area is 124 Å². The summed E-state index contributed by atoms with van der Waals surface area (Å²) in [5.41, 5.74) is 1.63. The van der Waals surface area contributed by atoms with Gasteiger partial charge in [0.25, 0.3) is 0 Å². The van der Waals surface area contributed by atoms with Crippen LogP contribution in [-0.4, -0.2) is 18.0 Å². The molecule has 4 nitrogen and oxygen atoms in total. The van der Waals surface area contributed by atoms with Crippen LogP contribution in [0, 0.1) is 5.92 Å². The molecule has 4 heteroatoms. The van der Waals surface area contributed by atoms with Gasteiger partial charge in [0.2, 0.25) is 5.91 Å². The minimum Gasteiger partial charge on any atom is -0.497 e. The lowest BCUT2D eigenvalue weighted by Crippen LogP contribution is -2.24. The summed E-state index contributed by atoms with van der Waals surface area (Å²) < 4.78 is 5.19. The number of anilines is 1. The number of aromatic nitrogens is 1. The second-order valence-electron chi connectivity index (χ2n) is 5.61. The molecule has 2 aromatic rings. The van der Waals surface area contributed by atoms with Gasteiger partial charge in [-0.05, 0) is 31.0 Å². The van der Waals surface area contributed by atoms with Crippen molar-refractivity contribution in [3.8, 4) is 5.75 Å². The Morgan fingerprint density at radius 3 is 2.81 bits per heavy atom. The molecule has 0 aliphatic heterocycles. The number of benzene rings is 1. The van der Waals surface area contributed by atoms with Gasteiger partial charge in [0.1, 0.15) is 5.75 Å². The van der Waals surface area contributed by atoms with Crippen LogP contribution in [0.4, 0.5) is 5.69 Å². The molecule has 0 spiro atoms. The van der Waals surface area contributed by atoms with Crippen LogP contribution in [0.15, 0.2) is 30.5 Å². The molecule has 0 atom stereocenters. The third-order valence-corrected chi connectivity index (χ3v) is 4.13. The predicted octanol–water partition coefficient (Wildman–Crippen LogP) is 3.76. The van der Waals surface area contributed by atoms with Crippen molar-refractivity contribution in [3.63, 3.8) is 0 Å². The fraction of sp³-hybridized carbons (Fsp3) is 0.412. The molecule has 1 amide bonds. The summed E-state index contributed by atoms with van der Waals surface area (Å²) in [6.07, 6.45) is 7.29. The molecule has 1 aliphatic rings. The quantitative estimate of drug-likeness (QED) is 0.933. The summed E-state index contributed by atoms with van der Waals surface area (Å²) >= 11 is 0. The van der Waals surface area contributed by atoms with Crippen molar-refractivity contribution in [1.29, 1.82) is 0 Å². The smallest absolute Gasteiger partial charge is 0.227 e. The van der Waals surface area contributed by atoms with Gasteiger partial charge in [0.15, 0.2) is 0 Å². The first-order valence-corrected chi connectivity index (χ1v) is 7.51. The number of methoxy groups -OCH3 is 1. The molecule has 0 unspecified atom stereocenters. The molecule has 0 bridgehead atoms. The molecule has 0 saturated heterocycles. The minimum absolute atomic E-state index is 0.129. The summed E-state index contributed by atoms with van der Waals surface area (Å²) in [4.78, 5) is 16.6. The van der Waals surface area contributed by atoms with Crippen molar-refractivity contribution in [3.05, 3.63) is 30.5 Å². The lowest BCUT2D eigenvalue weighted by Gasteiger charge is -2.20. The molecule has 21 heavy (non-hydrogen) atoms. The molecule has 3 rings (SSSR count). The van der Waals surface area contributed by atoms with Crippen molar-refractivity contribution in [1.82, 2.24) is 4.98 Å². The van der Waals surface area contributed by atoms with Crippen molar-refractivity contribution in [2.75, 3.05) is 12.4 Å². The summed E-state index contributed by atoms with van der Waals surface area (Å²) in [5, 5.41) is 4.00. The Hall–Kier alpha value is -2.10. The van der Waals surface area contributed by atoms with E-state index in [4.69, 9.17) is 4.74 Å². The largest absolute Gasteiger partial charge is 0.497 e. The van der Waals surface area contributed by atoms with Gasteiger partial charge in [0.05, 0.1) is 24.5 Å². The first-order chi connectivity index (χ1) is 10.3. The van der Waals surface area contributed by atoms with Crippen LogP contribution in [0.2, 0.25) is 0 Å². The minimum atomic E-state index is 0.129. The highest BCUT2D eigenvalue weighted by Gasteiger charge is 2.21. The van der Waals surface area contributed by atoms with Crippen LogP contribution < -0.4 is 10.1 Å². The number of nitrogens with zero attached hydrogens (tertiary/aromatic N) is 1.